The lowest BCUT2D eigenvalue weighted by Crippen LogP contribution is -2.42. The van der Waals surface area contributed by atoms with Gasteiger partial charge in [-0.2, -0.15) is 4.98 Å². The van der Waals surface area contributed by atoms with Crippen LogP contribution in [0, 0.1) is 0 Å². The van der Waals surface area contributed by atoms with Crippen LogP contribution in [0.15, 0.2) is 6.20 Å². The quantitative estimate of drug-likeness (QED) is 0.866. The van der Waals surface area contributed by atoms with Crippen LogP contribution in [0.1, 0.15) is 19.3 Å². The molecule has 0 aliphatic heterocycles. The maximum Gasteiger partial charge on any atom is 0.318 e. The van der Waals surface area contributed by atoms with Gasteiger partial charge in [0.1, 0.15) is 5.02 Å². The number of anilines is 1. The van der Waals surface area contributed by atoms with E-state index in [1.165, 1.54) is 19.7 Å². The van der Waals surface area contributed by atoms with Gasteiger partial charge in [0.25, 0.3) is 0 Å². The zero-order valence-corrected chi connectivity index (χ0v) is 10.5. The van der Waals surface area contributed by atoms with E-state index >= 15 is 0 Å². The summed E-state index contributed by atoms with van der Waals surface area (Å²) < 4.78 is 5.00. The molecule has 0 unspecified atom stereocenters. The molecule has 0 aromatic carbocycles. The third kappa shape index (κ3) is 2.61. The highest BCUT2D eigenvalue weighted by molar-refractivity contribution is 6.32. The molecule has 1 heterocycles. The molecule has 94 valence electrons. The average Bonchev–Trinajstić information content (AvgIpc) is 2.27. The topological polar surface area (TPSA) is 58.5 Å². The number of aromatic nitrogens is 2. The molecule has 1 aliphatic rings. The number of halogens is 1. The molecule has 2 rings (SSSR count). The van der Waals surface area contributed by atoms with Crippen molar-refractivity contribution in [1.82, 2.24) is 9.97 Å². The number of methoxy groups -OCH3 is 1. The number of aliphatic hydroxyl groups is 1. The minimum atomic E-state index is 0.0825. The summed E-state index contributed by atoms with van der Waals surface area (Å²) in [5.41, 5.74) is 0. The molecule has 6 heteroatoms. The van der Waals surface area contributed by atoms with Crippen molar-refractivity contribution >= 4 is 17.4 Å². The Morgan fingerprint density at radius 1 is 1.59 bits per heavy atom. The van der Waals surface area contributed by atoms with Crippen molar-refractivity contribution in [2.75, 3.05) is 25.2 Å². The molecule has 1 saturated carbocycles. The van der Waals surface area contributed by atoms with Gasteiger partial charge in [-0.05, 0) is 19.3 Å². The van der Waals surface area contributed by atoms with Gasteiger partial charge in [0.05, 0.1) is 19.9 Å². The van der Waals surface area contributed by atoms with E-state index in [1.54, 1.807) is 0 Å². The number of aliphatic hydroxyl groups excluding tert-OH is 1. The molecule has 1 fully saturated rings. The van der Waals surface area contributed by atoms with Crippen LogP contribution in [0.5, 0.6) is 6.01 Å². The van der Waals surface area contributed by atoms with Crippen molar-refractivity contribution in [1.29, 1.82) is 0 Å². The molecule has 1 N–H and O–H groups in total. The van der Waals surface area contributed by atoms with E-state index in [1.807, 2.05) is 4.90 Å². The first-order chi connectivity index (χ1) is 8.26. The minimum Gasteiger partial charge on any atom is -0.467 e. The van der Waals surface area contributed by atoms with Gasteiger partial charge in [-0.3, -0.25) is 0 Å². The maximum atomic E-state index is 9.12. The van der Waals surface area contributed by atoms with Crippen molar-refractivity contribution in [3.63, 3.8) is 0 Å². The molecule has 0 amide bonds. The number of ether oxygens (including phenoxy) is 1. The maximum absolute atomic E-state index is 9.12. The molecule has 5 nitrogen and oxygen atoms in total. The molecule has 1 aliphatic carbocycles. The number of nitrogens with zero attached hydrogens (tertiary/aromatic N) is 3. The summed E-state index contributed by atoms with van der Waals surface area (Å²) >= 11 is 6.10. The van der Waals surface area contributed by atoms with Crippen LogP contribution in [-0.2, 0) is 0 Å². The normalized spacial score (nSPS) is 15.5. The first-order valence-corrected chi connectivity index (χ1v) is 6.08. The lowest BCUT2D eigenvalue weighted by atomic mass is 9.91. The summed E-state index contributed by atoms with van der Waals surface area (Å²) in [5, 5.41) is 9.62. The first kappa shape index (κ1) is 12.4. The van der Waals surface area contributed by atoms with Gasteiger partial charge in [0, 0.05) is 12.6 Å². The zero-order chi connectivity index (χ0) is 12.3. The highest BCUT2D eigenvalue weighted by atomic mass is 35.5. The molecular weight excluding hydrogens is 242 g/mol. The van der Waals surface area contributed by atoms with Crippen molar-refractivity contribution in [2.24, 2.45) is 0 Å². The Labute approximate surface area is 105 Å². The van der Waals surface area contributed by atoms with Gasteiger partial charge < -0.3 is 14.7 Å². The van der Waals surface area contributed by atoms with Crippen LogP contribution in [0.2, 0.25) is 5.02 Å². The molecule has 1 aromatic rings. The Bertz CT molecular complexity index is 385. The van der Waals surface area contributed by atoms with E-state index in [4.69, 9.17) is 21.4 Å². The lowest BCUT2D eigenvalue weighted by Gasteiger charge is -2.38. The summed E-state index contributed by atoms with van der Waals surface area (Å²) in [5.74, 6) is 0.650. The van der Waals surface area contributed by atoms with E-state index < -0.39 is 0 Å². The fraction of sp³-hybridized carbons (Fsp3) is 0.636. The minimum absolute atomic E-state index is 0.0825. The fourth-order valence-electron chi connectivity index (χ4n) is 1.91. The van der Waals surface area contributed by atoms with Gasteiger partial charge in [-0.25, -0.2) is 4.98 Å². The van der Waals surface area contributed by atoms with Gasteiger partial charge in [-0.15, -0.1) is 0 Å². The highest BCUT2D eigenvalue weighted by Gasteiger charge is 2.27. The second-order valence-corrected chi connectivity index (χ2v) is 4.44. The summed E-state index contributed by atoms with van der Waals surface area (Å²) in [6, 6.07) is 0.714. The Morgan fingerprint density at radius 3 is 2.88 bits per heavy atom. The van der Waals surface area contributed by atoms with Crippen LogP contribution in [-0.4, -0.2) is 41.4 Å². The standard InChI is InChI=1S/C11H16ClN3O2/c1-17-11-13-7-9(12)10(14-11)15(5-6-16)8-3-2-4-8/h7-8,16H,2-6H2,1H3. The molecule has 17 heavy (non-hydrogen) atoms. The van der Waals surface area contributed by atoms with Gasteiger partial charge in [0.2, 0.25) is 0 Å². The summed E-state index contributed by atoms with van der Waals surface area (Å²) in [6.07, 6.45) is 4.98. The zero-order valence-electron chi connectivity index (χ0n) is 9.77. The monoisotopic (exact) mass is 257 g/mol. The van der Waals surface area contributed by atoms with E-state index in [2.05, 4.69) is 9.97 Å². The molecular formula is C11H16ClN3O2. The smallest absolute Gasteiger partial charge is 0.318 e. The largest absolute Gasteiger partial charge is 0.467 e. The predicted molar refractivity (Wildman–Crippen MR) is 65.7 cm³/mol. The second kappa shape index (κ2) is 5.51. The fourth-order valence-corrected chi connectivity index (χ4v) is 2.11. The third-order valence-electron chi connectivity index (χ3n) is 3.01. The molecule has 1 aromatic heterocycles. The van der Waals surface area contributed by atoms with E-state index in [0.29, 0.717) is 29.4 Å². The van der Waals surface area contributed by atoms with E-state index in [-0.39, 0.29) is 6.61 Å². The number of hydrogen-bond acceptors (Lipinski definition) is 5. The first-order valence-electron chi connectivity index (χ1n) is 5.70. The molecule has 0 saturated heterocycles. The third-order valence-corrected chi connectivity index (χ3v) is 3.28. The second-order valence-electron chi connectivity index (χ2n) is 4.03. The van der Waals surface area contributed by atoms with Crippen molar-refractivity contribution in [3.05, 3.63) is 11.2 Å². The van der Waals surface area contributed by atoms with Gasteiger partial charge in [-0.1, -0.05) is 11.6 Å². The Hall–Kier alpha value is -1.07. The Morgan fingerprint density at radius 2 is 2.35 bits per heavy atom. The average molecular weight is 258 g/mol. The molecule has 0 bridgehead atoms. The van der Waals surface area contributed by atoms with Crippen LogP contribution < -0.4 is 9.64 Å². The SMILES string of the molecule is COc1ncc(Cl)c(N(CCO)C2CCC2)n1. The molecule has 0 atom stereocenters. The lowest BCUT2D eigenvalue weighted by molar-refractivity contribution is 0.282. The summed E-state index contributed by atoms with van der Waals surface area (Å²) in [4.78, 5) is 10.2. The molecule has 0 spiro atoms. The molecule has 0 radical (unpaired) electrons. The van der Waals surface area contributed by atoms with Crippen LogP contribution >= 0.6 is 11.6 Å². The Balaban J connectivity index is 2.26. The van der Waals surface area contributed by atoms with E-state index in [0.717, 1.165) is 12.8 Å². The number of rotatable bonds is 5. The summed E-state index contributed by atoms with van der Waals surface area (Å²) in [7, 11) is 1.52. The van der Waals surface area contributed by atoms with Gasteiger partial charge in [0.15, 0.2) is 5.82 Å². The van der Waals surface area contributed by atoms with E-state index in [9.17, 15) is 0 Å². The Kier molecular flexibility index (Phi) is 4.02. The van der Waals surface area contributed by atoms with Crippen LogP contribution in [0.4, 0.5) is 5.82 Å². The summed E-state index contributed by atoms with van der Waals surface area (Å²) in [6.45, 7) is 0.615. The van der Waals surface area contributed by atoms with Crippen molar-refractivity contribution < 1.29 is 9.84 Å². The van der Waals surface area contributed by atoms with Crippen LogP contribution in [0.25, 0.3) is 0 Å². The number of hydrogen-bond donors (Lipinski definition) is 1. The van der Waals surface area contributed by atoms with Crippen LogP contribution in [0.3, 0.4) is 0 Å². The predicted octanol–water partition coefficient (Wildman–Crippen LogP) is 1.49. The van der Waals surface area contributed by atoms with Crippen molar-refractivity contribution in [2.45, 2.75) is 25.3 Å². The highest BCUT2D eigenvalue weighted by Crippen LogP contribution is 2.32. The van der Waals surface area contributed by atoms with Crippen molar-refractivity contribution in [3.8, 4) is 6.01 Å². The van der Waals surface area contributed by atoms with Gasteiger partial charge >= 0.3 is 6.01 Å².